The Balaban J connectivity index is 2.04. The molecule has 0 spiro atoms. The number of carbonyl (C=O) groups is 1. The summed E-state index contributed by atoms with van der Waals surface area (Å²) < 4.78 is 0. The van der Waals surface area contributed by atoms with Gasteiger partial charge in [-0.2, -0.15) is 0 Å². The van der Waals surface area contributed by atoms with Crippen molar-refractivity contribution in [3.05, 3.63) is 69.8 Å². The third-order valence-corrected chi connectivity index (χ3v) is 3.42. The Kier molecular flexibility index (Phi) is 3.05. The van der Waals surface area contributed by atoms with Gasteiger partial charge in [0, 0.05) is 26.5 Å². The zero-order valence-corrected chi connectivity index (χ0v) is 11.3. The van der Waals surface area contributed by atoms with Gasteiger partial charge < -0.3 is 4.98 Å². The minimum atomic E-state index is -0.0658. The summed E-state index contributed by atoms with van der Waals surface area (Å²) in [5.41, 5.74) is 2.03. The predicted octanol–water partition coefficient (Wildman–Crippen LogP) is 4.71. The Hall–Kier alpha value is -1.77. The third kappa shape index (κ3) is 2.37. The van der Waals surface area contributed by atoms with Crippen molar-refractivity contribution in [2.45, 2.75) is 0 Å². The molecule has 3 aromatic rings. The molecule has 1 heterocycles. The van der Waals surface area contributed by atoms with Crippen molar-refractivity contribution < 1.29 is 4.79 Å². The van der Waals surface area contributed by atoms with Crippen molar-refractivity contribution in [2.24, 2.45) is 0 Å². The van der Waals surface area contributed by atoms with Gasteiger partial charge in [0.25, 0.3) is 0 Å². The lowest BCUT2D eigenvalue weighted by Crippen LogP contribution is -2.00. The zero-order valence-electron chi connectivity index (χ0n) is 9.78. The smallest absolute Gasteiger partial charge is 0.209 e. The zero-order chi connectivity index (χ0) is 13.4. The molecule has 0 bridgehead atoms. The first kappa shape index (κ1) is 12.3. The molecule has 0 atom stereocenters. The number of rotatable bonds is 2. The molecule has 1 aromatic heterocycles. The van der Waals surface area contributed by atoms with E-state index in [1.54, 1.807) is 36.4 Å². The van der Waals surface area contributed by atoms with Crippen LogP contribution in [-0.2, 0) is 0 Å². The lowest BCUT2D eigenvalue weighted by atomic mass is 10.1. The Morgan fingerprint density at radius 2 is 1.58 bits per heavy atom. The van der Waals surface area contributed by atoms with Crippen LogP contribution in [0.3, 0.4) is 0 Å². The van der Waals surface area contributed by atoms with Gasteiger partial charge in [0.15, 0.2) is 0 Å². The third-order valence-electron chi connectivity index (χ3n) is 2.93. The molecule has 2 nitrogen and oxygen atoms in total. The molecular formula is C15H9Cl2NO. The number of halogens is 2. The van der Waals surface area contributed by atoms with E-state index in [2.05, 4.69) is 4.98 Å². The molecule has 0 aliphatic carbocycles. The van der Waals surface area contributed by atoms with Gasteiger partial charge in [0.05, 0.1) is 5.69 Å². The Morgan fingerprint density at radius 1 is 0.895 bits per heavy atom. The lowest BCUT2D eigenvalue weighted by molar-refractivity contribution is 0.103. The molecule has 0 saturated heterocycles. The van der Waals surface area contributed by atoms with Gasteiger partial charge in [-0.1, -0.05) is 23.2 Å². The highest BCUT2D eigenvalue weighted by atomic mass is 35.5. The normalized spacial score (nSPS) is 10.8. The van der Waals surface area contributed by atoms with Crippen LogP contribution in [0.15, 0.2) is 48.5 Å². The summed E-state index contributed by atoms with van der Waals surface area (Å²) in [5, 5.41) is 2.18. The van der Waals surface area contributed by atoms with E-state index < -0.39 is 0 Å². The Morgan fingerprint density at radius 3 is 2.32 bits per heavy atom. The number of benzene rings is 2. The minimum absolute atomic E-state index is 0.0658. The molecule has 3 rings (SSSR count). The van der Waals surface area contributed by atoms with E-state index in [4.69, 9.17) is 23.2 Å². The van der Waals surface area contributed by atoms with Gasteiger partial charge in [0.1, 0.15) is 0 Å². The second-order valence-corrected chi connectivity index (χ2v) is 5.12. The van der Waals surface area contributed by atoms with Crippen molar-refractivity contribution in [3.8, 4) is 0 Å². The standard InChI is InChI=1S/C15H9Cl2NO/c16-11-3-1-9(2-4-11)15(19)14-8-10-7-12(17)5-6-13(10)18-14/h1-8,18H. The molecule has 0 aliphatic rings. The molecule has 0 amide bonds. The van der Waals surface area contributed by atoms with Crippen molar-refractivity contribution in [1.29, 1.82) is 0 Å². The first-order valence-electron chi connectivity index (χ1n) is 5.72. The summed E-state index contributed by atoms with van der Waals surface area (Å²) in [5.74, 6) is -0.0658. The summed E-state index contributed by atoms with van der Waals surface area (Å²) in [6.07, 6.45) is 0. The lowest BCUT2D eigenvalue weighted by Gasteiger charge is -1.98. The fourth-order valence-corrected chi connectivity index (χ4v) is 2.29. The van der Waals surface area contributed by atoms with Crippen LogP contribution >= 0.6 is 23.2 Å². The Labute approximate surface area is 120 Å². The van der Waals surface area contributed by atoms with E-state index in [0.29, 0.717) is 21.3 Å². The first-order valence-corrected chi connectivity index (χ1v) is 6.47. The van der Waals surface area contributed by atoms with Crippen molar-refractivity contribution >= 4 is 39.9 Å². The van der Waals surface area contributed by atoms with Crippen LogP contribution in [0, 0.1) is 0 Å². The van der Waals surface area contributed by atoms with E-state index in [9.17, 15) is 4.79 Å². The summed E-state index contributed by atoms with van der Waals surface area (Å²) in [6.45, 7) is 0. The number of hydrogen-bond donors (Lipinski definition) is 1. The van der Waals surface area contributed by atoms with Crippen LogP contribution < -0.4 is 0 Å². The fraction of sp³-hybridized carbons (Fsp3) is 0. The van der Waals surface area contributed by atoms with Crippen LogP contribution in [-0.4, -0.2) is 10.8 Å². The fourth-order valence-electron chi connectivity index (χ4n) is 1.98. The van der Waals surface area contributed by atoms with Crippen molar-refractivity contribution in [2.75, 3.05) is 0 Å². The number of nitrogens with one attached hydrogen (secondary N) is 1. The topological polar surface area (TPSA) is 32.9 Å². The van der Waals surface area contributed by atoms with E-state index >= 15 is 0 Å². The number of ketones is 1. The maximum atomic E-state index is 12.3. The van der Waals surface area contributed by atoms with E-state index in [0.717, 1.165) is 10.9 Å². The molecule has 4 heteroatoms. The maximum Gasteiger partial charge on any atom is 0.209 e. The van der Waals surface area contributed by atoms with Gasteiger partial charge >= 0.3 is 0 Å². The molecule has 0 radical (unpaired) electrons. The van der Waals surface area contributed by atoms with Crippen molar-refractivity contribution in [3.63, 3.8) is 0 Å². The molecule has 0 aliphatic heterocycles. The van der Waals surface area contributed by atoms with Crippen LogP contribution in [0.5, 0.6) is 0 Å². The van der Waals surface area contributed by atoms with E-state index in [-0.39, 0.29) is 5.78 Å². The monoisotopic (exact) mass is 289 g/mol. The van der Waals surface area contributed by atoms with Gasteiger partial charge in [-0.25, -0.2) is 0 Å². The average molecular weight is 290 g/mol. The van der Waals surface area contributed by atoms with Gasteiger partial charge in [-0.05, 0) is 48.5 Å². The number of aromatic amines is 1. The molecule has 0 saturated carbocycles. The highest BCUT2D eigenvalue weighted by Gasteiger charge is 2.12. The summed E-state index contributed by atoms with van der Waals surface area (Å²) in [4.78, 5) is 15.4. The quantitative estimate of drug-likeness (QED) is 0.681. The Bertz CT molecular complexity index is 759. The van der Waals surface area contributed by atoms with Crippen LogP contribution in [0.2, 0.25) is 10.0 Å². The van der Waals surface area contributed by atoms with Crippen LogP contribution in [0.4, 0.5) is 0 Å². The van der Waals surface area contributed by atoms with Gasteiger partial charge in [0.2, 0.25) is 5.78 Å². The molecule has 19 heavy (non-hydrogen) atoms. The minimum Gasteiger partial charge on any atom is -0.352 e. The van der Waals surface area contributed by atoms with Crippen molar-refractivity contribution in [1.82, 2.24) is 4.98 Å². The SMILES string of the molecule is O=C(c1ccc(Cl)cc1)c1cc2cc(Cl)ccc2[nH]1. The number of aromatic nitrogens is 1. The molecule has 0 unspecified atom stereocenters. The maximum absolute atomic E-state index is 12.3. The van der Waals surface area contributed by atoms with Gasteiger partial charge in [-0.15, -0.1) is 0 Å². The van der Waals surface area contributed by atoms with E-state index in [1.165, 1.54) is 0 Å². The van der Waals surface area contributed by atoms with E-state index in [1.807, 2.05) is 12.1 Å². The predicted molar refractivity (Wildman–Crippen MR) is 78.2 cm³/mol. The highest BCUT2D eigenvalue weighted by Crippen LogP contribution is 2.22. The molecular weight excluding hydrogens is 281 g/mol. The largest absolute Gasteiger partial charge is 0.352 e. The molecule has 1 N–H and O–H groups in total. The number of hydrogen-bond acceptors (Lipinski definition) is 1. The second-order valence-electron chi connectivity index (χ2n) is 4.25. The first-order chi connectivity index (χ1) is 9.13. The van der Waals surface area contributed by atoms with Crippen LogP contribution in [0.1, 0.15) is 16.1 Å². The number of fused-ring (bicyclic) bond motifs is 1. The summed E-state index contributed by atoms with van der Waals surface area (Å²) >= 11 is 11.7. The molecule has 94 valence electrons. The average Bonchev–Trinajstić information content (AvgIpc) is 2.81. The van der Waals surface area contributed by atoms with Crippen LogP contribution in [0.25, 0.3) is 10.9 Å². The molecule has 2 aromatic carbocycles. The molecule has 0 fully saturated rings. The second kappa shape index (κ2) is 4.72. The summed E-state index contributed by atoms with van der Waals surface area (Å²) in [7, 11) is 0. The number of carbonyl (C=O) groups excluding carboxylic acids is 1. The highest BCUT2D eigenvalue weighted by molar-refractivity contribution is 6.31. The number of H-pyrrole nitrogens is 1. The van der Waals surface area contributed by atoms with Gasteiger partial charge in [-0.3, -0.25) is 4.79 Å². The summed E-state index contributed by atoms with van der Waals surface area (Å²) in [6, 6.07) is 14.1.